The van der Waals surface area contributed by atoms with Crippen molar-refractivity contribution in [2.75, 3.05) is 38.0 Å². The van der Waals surface area contributed by atoms with E-state index < -0.39 is 6.09 Å². The fraction of sp³-hybridized carbons (Fsp3) is 0.333. The molecule has 2 N–H and O–H groups in total. The van der Waals surface area contributed by atoms with E-state index in [2.05, 4.69) is 10.2 Å². The van der Waals surface area contributed by atoms with Gasteiger partial charge in [-0.25, -0.2) is 4.79 Å². The highest BCUT2D eigenvalue weighted by Crippen LogP contribution is 2.33. The molecule has 0 aromatic heterocycles. The van der Waals surface area contributed by atoms with Crippen molar-refractivity contribution < 1.29 is 14.7 Å². The summed E-state index contributed by atoms with van der Waals surface area (Å²) >= 11 is 0. The van der Waals surface area contributed by atoms with Crippen molar-refractivity contribution in [3.63, 3.8) is 0 Å². The third kappa shape index (κ3) is 3.66. The van der Waals surface area contributed by atoms with Crippen LogP contribution >= 0.6 is 0 Å². The second-order valence-electron chi connectivity index (χ2n) is 7.13. The smallest absolute Gasteiger partial charge is 0.407 e. The average Bonchev–Trinajstić information content (AvgIpc) is 3.12. The number of fused-ring (bicyclic) bond motifs is 1. The lowest BCUT2D eigenvalue weighted by Gasteiger charge is -2.33. The Morgan fingerprint density at radius 3 is 2.59 bits per heavy atom. The molecule has 2 aromatic rings. The normalized spacial score (nSPS) is 19.4. The molecule has 2 aliphatic heterocycles. The molecule has 2 aromatic carbocycles. The molecular formula is C21H23N3O3. The lowest BCUT2D eigenvalue weighted by molar-refractivity contribution is 0.0963. The zero-order valence-electron chi connectivity index (χ0n) is 15.1. The molecule has 0 spiro atoms. The van der Waals surface area contributed by atoms with Gasteiger partial charge in [0.05, 0.1) is 5.92 Å². The number of carboxylic acid groups (broad SMARTS) is 1. The third-order valence-corrected chi connectivity index (χ3v) is 5.41. The van der Waals surface area contributed by atoms with Crippen LogP contribution in [0.2, 0.25) is 0 Å². The molecule has 0 aliphatic carbocycles. The van der Waals surface area contributed by atoms with Gasteiger partial charge in [-0.2, -0.15) is 0 Å². The number of hydrogen-bond donors (Lipinski definition) is 2. The Hall–Kier alpha value is -2.86. The number of piperazine rings is 1. The summed E-state index contributed by atoms with van der Waals surface area (Å²) in [6.45, 7) is 3.85. The van der Waals surface area contributed by atoms with Crippen LogP contribution in [0.4, 0.5) is 10.5 Å². The van der Waals surface area contributed by atoms with E-state index in [0.29, 0.717) is 32.7 Å². The van der Waals surface area contributed by atoms with Crippen LogP contribution in [0, 0.1) is 0 Å². The van der Waals surface area contributed by atoms with Gasteiger partial charge < -0.3 is 15.3 Å². The van der Waals surface area contributed by atoms with E-state index in [1.807, 2.05) is 48.5 Å². The first-order chi connectivity index (χ1) is 13.1. The number of amides is 1. The predicted octanol–water partition coefficient (Wildman–Crippen LogP) is 2.87. The lowest BCUT2D eigenvalue weighted by Crippen LogP contribution is -2.47. The second kappa shape index (κ2) is 7.40. The molecule has 6 heteroatoms. The minimum absolute atomic E-state index is 0.143. The Morgan fingerprint density at radius 2 is 1.81 bits per heavy atom. The Balaban J connectivity index is 1.44. The van der Waals surface area contributed by atoms with Crippen molar-refractivity contribution in [2.24, 2.45) is 0 Å². The van der Waals surface area contributed by atoms with Gasteiger partial charge in [0.1, 0.15) is 0 Å². The number of benzene rings is 2. The van der Waals surface area contributed by atoms with Gasteiger partial charge in [0.2, 0.25) is 0 Å². The molecule has 2 heterocycles. The number of carbonyl (C=O) groups excluding carboxylic acids is 1. The Bertz CT molecular complexity index is 859. The van der Waals surface area contributed by atoms with Gasteiger partial charge in [0, 0.05) is 50.5 Å². The number of ketones is 1. The van der Waals surface area contributed by atoms with Crippen LogP contribution in [0.5, 0.6) is 0 Å². The first-order valence-electron chi connectivity index (χ1n) is 9.28. The molecular weight excluding hydrogens is 342 g/mol. The Morgan fingerprint density at radius 1 is 1.04 bits per heavy atom. The molecule has 0 bridgehead atoms. The first-order valence-corrected chi connectivity index (χ1v) is 9.28. The summed E-state index contributed by atoms with van der Waals surface area (Å²) in [7, 11) is 0. The molecule has 1 atom stereocenters. The van der Waals surface area contributed by atoms with Crippen LogP contribution in [-0.4, -0.2) is 59.5 Å². The Kier molecular flexibility index (Phi) is 4.81. The summed E-state index contributed by atoms with van der Waals surface area (Å²) in [5, 5.41) is 12.4. The molecule has 0 radical (unpaired) electrons. The second-order valence-corrected chi connectivity index (χ2v) is 7.13. The third-order valence-electron chi connectivity index (χ3n) is 5.41. The van der Waals surface area contributed by atoms with E-state index in [1.54, 1.807) is 0 Å². The lowest BCUT2D eigenvalue weighted by atomic mass is 9.91. The molecule has 1 amide bonds. The van der Waals surface area contributed by atoms with E-state index in [1.165, 1.54) is 4.90 Å². The molecule has 4 rings (SSSR count). The first kappa shape index (κ1) is 17.5. The monoisotopic (exact) mass is 365 g/mol. The molecule has 0 saturated carbocycles. The molecule has 1 fully saturated rings. The van der Waals surface area contributed by atoms with Crippen LogP contribution in [0.1, 0.15) is 27.4 Å². The summed E-state index contributed by atoms with van der Waals surface area (Å²) in [4.78, 5) is 27.7. The molecule has 6 nitrogen and oxygen atoms in total. The summed E-state index contributed by atoms with van der Waals surface area (Å²) in [5.74, 6) is 0.000517. The zero-order valence-corrected chi connectivity index (χ0v) is 15.1. The number of nitrogens with zero attached hydrogens (tertiary/aromatic N) is 2. The number of carbonyl (C=O) groups is 2. The van der Waals surface area contributed by atoms with E-state index in [9.17, 15) is 9.59 Å². The van der Waals surface area contributed by atoms with Gasteiger partial charge in [-0.15, -0.1) is 0 Å². The highest BCUT2D eigenvalue weighted by Gasteiger charge is 2.29. The maximum atomic E-state index is 13.0. The number of nitrogens with one attached hydrogen (secondary N) is 1. The molecule has 1 saturated heterocycles. The maximum Gasteiger partial charge on any atom is 0.407 e. The highest BCUT2D eigenvalue weighted by molar-refractivity contribution is 6.03. The Labute approximate surface area is 158 Å². The fourth-order valence-electron chi connectivity index (χ4n) is 3.90. The standard InChI is InChI=1S/C21H23N3O3/c25-20(18-13-22-19-7-2-1-6-17(18)19)16-5-3-4-15(12-16)14-23-8-10-24(11-9-23)21(26)27/h1-7,12,18,22H,8-11,13-14H2,(H,26,27). The van der Waals surface area contributed by atoms with Crippen LogP contribution in [0.15, 0.2) is 48.5 Å². The minimum atomic E-state index is -0.854. The minimum Gasteiger partial charge on any atom is -0.465 e. The average molecular weight is 365 g/mol. The van der Waals surface area contributed by atoms with Gasteiger partial charge in [-0.05, 0) is 23.3 Å². The van der Waals surface area contributed by atoms with E-state index in [4.69, 9.17) is 5.11 Å². The van der Waals surface area contributed by atoms with Crippen LogP contribution in [0.3, 0.4) is 0 Å². The summed E-state index contributed by atoms with van der Waals surface area (Å²) in [5.41, 5.74) is 3.94. The van der Waals surface area contributed by atoms with Crippen LogP contribution in [-0.2, 0) is 6.54 Å². The molecule has 140 valence electrons. The molecule has 1 unspecified atom stereocenters. The molecule has 2 aliphatic rings. The van der Waals surface area contributed by atoms with Gasteiger partial charge >= 0.3 is 6.09 Å². The van der Waals surface area contributed by atoms with Crippen molar-refractivity contribution in [3.8, 4) is 0 Å². The van der Waals surface area contributed by atoms with Crippen molar-refractivity contribution in [1.29, 1.82) is 0 Å². The summed E-state index contributed by atoms with van der Waals surface area (Å²) in [6.07, 6.45) is -0.854. The number of hydrogen-bond acceptors (Lipinski definition) is 4. The largest absolute Gasteiger partial charge is 0.465 e. The van der Waals surface area contributed by atoms with Gasteiger partial charge in [0.15, 0.2) is 5.78 Å². The summed E-state index contributed by atoms with van der Waals surface area (Å²) < 4.78 is 0. The van der Waals surface area contributed by atoms with E-state index in [0.717, 1.165) is 28.9 Å². The molecule has 27 heavy (non-hydrogen) atoms. The van der Waals surface area contributed by atoms with Crippen molar-refractivity contribution in [3.05, 3.63) is 65.2 Å². The number of anilines is 1. The maximum absolute atomic E-state index is 13.0. The van der Waals surface area contributed by atoms with Gasteiger partial charge in [-0.1, -0.05) is 36.4 Å². The SMILES string of the molecule is O=C(c1cccc(CN2CCN(C(=O)O)CC2)c1)C1CNc2ccccc21. The highest BCUT2D eigenvalue weighted by atomic mass is 16.4. The number of para-hydroxylation sites is 1. The van der Waals surface area contributed by atoms with Gasteiger partial charge in [0.25, 0.3) is 0 Å². The van der Waals surface area contributed by atoms with Crippen molar-refractivity contribution in [1.82, 2.24) is 9.80 Å². The summed E-state index contributed by atoms with van der Waals surface area (Å²) in [6, 6.07) is 15.8. The van der Waals surface area contributed by atoms with E-state index >= 15 is 0 Å². The van der Waals surface area contributed by atoms with Crippen LogP contribution < -0.4 is 5.32 Å². The quantitative estimate of drug-likeness (QED) is 0.815. The fourth-order valence-corrected chi connectivity index (χ4v) is 3.90. The van der Waals surface area contributed by atoms with Crippen molar-refractivity contribution >= 4 is 17.6 Å². The predicted molar refractivity (Wildman–Crippen MR) is 103 cm³/mol. The number of Topliss-reactive ketones (excluding diaryl/α,β-unsaturated/α-hetero) is 1. The van der Waals surface area contributed by atoms with Gasteiger partial charge in [-0.3, -0.25) is 9.69 Å². The number of rotatable bonds is 4. The topological polar surface area (TPSA) is 72.9 Å². The zero-order chi connectivity index (χ0) is 18.8. The van der Waals surface area contributed by atoms with E-state index in [-0.39, 0.29) is 11.7 Å². The van der Waals surface area contributed by atoms with Crippen molar-refractivity contribution in [2.45, 2.75) is 12.5 Å². The van der Waals surface area contributed by atoms with Crippen LogP contribution in [0.25, 0.3) is 0 Å².